The Hall–Kier alpha value is -1.22. The van der Waals surface area contributed by atoms with Crippen LogP contribution in [0.1, 0.15) is 11.1 Å². The second kappa shape index (κ2) is 6.27. The fourth-order valence-electron chi connectivity index (χ4n) is 1.10. The predicted octanol–water partition coefficient (Wildman–Crippen LogP) is 2.51. The van der Waals surface area contributed by atoms with E-state index in [2.05, 4.69) is 48.1 Å². The van der Waals surface area contributed by atoms with Crippen molar-refractivity contribution in [3.63, 3.8) is 0 Å². The van der Waals surface area contributed by atoms with Gasteiger partial charge in [-0.2, -0.15) is 0 Å². The Morgan fingerprint density at radius 3 is 3.07 bits per heavy atom. The molecule has 0 aliphatic rings. The average Bonchev–Trinajstić information content (AvgIpc) is 2.18. The Morgan fingerprint density at radius 2 is 2.36 bits per heavy atom. The first kappa shape index (κ1) is 10.9. The third-order valence-corrected chi connectivity index (χ3v) is 1.84. The van der Waals surface area contributed by atoms with E-state index in [1.807, 2.05) is 6.07 Å². The second-order valence-electron chi connectivity index (χ2n) is 2.94. The Labute approximate surface area is 90.2 Å². The summed E-state index contributed by atoms with van der Waals surface area (Å²) in [5, 5.41) is 4.50. The minimum atomic E-state index is 0.703. The summed E-state index contributed by atoms with van der Waals surface area (Å²) in [5.74, 6) is 0. The Morgan fingerprint density at radius 1 is 1.50 bits per heavy atom. The van der Waals surface area contributed by atoms with Crippen molar-refractivity contribution in [1.29, 1.82) is 0 Å². The van der Waals surface area contributed by atoms with Gasteiger partial charge in [-0.1, -0.05) is 29.8 Å². The van der Waals surface area contributed by atoms with E-state index in [1.54, 1.807) is 17.9 Å². The van der Waals surface area contributed by atoms with Gasteiger partial charge in [0.05, 0.1) is 12.9 Å². The minimum absolute atomic E-state index is 0.703. The average molecular weight is 206 g/mol. The lowest BCUT2D eigenvalue weighted by Gasteiger charge is -1.97. The van der Waals surface area contributed by atoms with Crippen molar-refractivity contribution < 1.29 is 0 Å². The van der Waals surface area contributed by atoms with Crippen molar-refractivity contribution in [2.45, 2.75) is 13.5 Å². The number of benzene rings is 1. The zero-order valence-electron chi connectivity index (χ0n) is 8.14. The van der Waals surface area contributed by atoms with Crippen LogP contribution in [0.4, 0.5) is 0 Å². The van der Waals surface area contributed by atoms with E-state index in [1.165, 1.54) is 11.1 Å². The Kier molecular flexibility index (Phi) is 4.86. The van der Waals surface area contributed by atoms with Gasteiger partial charge in [0.1, 0.15) is 0 Å². The molecule has 0 spiro atoms. The van der Waals surface area contributed by atoms with Crippen LogP contribution < -0.4 is 5.32 Å². The molecule has 2 nitrogen and oxygen atoms in total. The van der Waals surface area contributed by atoms with Gasteiger partial charge >= 0.3 is 0 Å². The number of nitrogens with one attached hydrogen (secondary N) is 1. The molecule has 0 aliphatic heterocycles. The van der Waals surface area contributed by atoms with Crippen LogP contribution in [-0.4, -0.2) is 6.34 Å². The molecule has 1 N–H and O–H groups in total. The molecule has 74 valence electrons. The van der Waals surface area contributed by atoms with Gasteiger partial charge in [0, 0.05) is 6.20 Å². The molecule has 0 radical (unpaired) electrons. The molecule has 0 aromatic heterocycles. The summed E-state index contributed by atoms with van der Waals surface area (Å²) in [5.41, 5.74) is 2.49. The maximum atomic E-state index is 4.20. The van der Waals surface area contributed by atoms with Crippen LogP contribution in [-0.2, 0) is 6.54 Å². The van der Waals surface area contributed by atoms with E-state index < -0.39 is 0 Å². The quantitative estimate of drug-likeness (QED) is 0.441. The molecule has 0 heterocycles. The molecular weight excluding hydrogens is 192 g/mol. The summed E-state index contributed by atoms with van der Waals surface area (Å²) in [6, 6.07) is 8.32. The second-order valence-corrected chi connectivity index (χ2v) is 3.24. The molecule has 0 unspecified atom stereocenters. The third-order valence-electron chi connectivity index (χ3n) is 1.69. The summed E-state index contributed by atoms with van der Waals surface area (Å²) < 4.78 is 0. The van der Waals surface area contributed by atoms with Crippen molar-refractivity contribution >= 4 is 19.0 Å². The molecule has 14 heavy (non-hydrogen) atoms. The molecule has 0 bridgehead atoms. The van der Waals surface area contributed by atoms with Crippen molar-refractivity contribution in [2.75, 3.05) is 0 Å². The number of thiol groups is 1. The molecular formula is C11H14N2S. The molecule has 0 fully saturated rings. The highest BCUT2D eigenvalue weighted by molar-refractivity contribution is 7.83. The smallest absolute Gasteiger partial charge is 0.0867 e. The number of nitrogens with zero attached hydrogens (tertiary/aromatic N) is 1. The van der Waals surface area contributed by atoms with Gasteiger partial charge in [0.15, 0.2) is 0 Å². The molecule has 1 rings (SSSR count). The SMILES string of the molecule is Cc1cccc(CN=CN/C=C\S)c1. The lowest BCUT2D eigenvalue weighted by atomic mass is 10.1. The summed E-state index contributed by atoms with van der Waals surface area (Å²) in [4.78, 5) is 4.20. The highest BCUT2D eigenvalue weighted by Gasteiger charge is 1.89. The van der Waals surface area contributed by atoms with Gasteiger partial charge in [0.2, 0.25) is 0 Å². The predicted molar refractivity (Wildman–Crippen MR) is 64.6 cm³/mol. The maximum Gasteiger partial charge on any atom is 0.0867 e. The van der Waals surface area contributed by atoms with Gasteiger partial charge in [-0.25, -0.2) is 0 Å². The van der Waals surface area contributed by atoms with E-state index >= 15 is 0 Å². The fourth-order valence-corrected chi connectivity index (χ4v) is 1.19. The first-order chi connectivity index (χ1) is 6.83. The first-order valence-electron chi connectivity index (χ1n) is 4.42. The Balaban J connectivity index is 2.41. The molecule has 3 heteroatoms. The fraction of sp³-hybridized carbons (Fsp3) is 0.182. The monoisotopic (exact) mass is 206 g/mol. The van der Waals surface area contributed by atoms with Crippen LogP contribution in [0.5, 0.6) is 0 Å². The Bertz CT molecular complexity index is 332. The molecule has 0 saturated heterocycles. The highest BCUT2D eigenvalue weighted by Crippen LogP contribution is 2.04. The highest BCUT2D eigenvalue weighted by atomic mass is 32.1. The summed E-state index contributed by atoms with van der Waals surface area (Å²) in [6.45, 7) is 2.78. The lowest BCUT2D eigenvalue weighted by molar-refractivity contribution is 1.05. The van der Waals surface area contributed by atoms with Crippen LogP contribution in [0.2, 0.25) is 0 Å². The summed E-state index contributed by atoms with van der Waals surface area (Å²) >= 11 is 3.90. The number of hydrogen-bond acceptors (Lipinski definition) is 2. The number of hydrogen-bond donors (Lipinski definition) is 2. The van der Waals surface area contributed by atoms with Crippen molar-refractivity contribution in [2.24, 2.45) is 4.99 Å². The molecule has 0 atom stereocenters. The van der Waals surface area contributed by atoms with Crippen LogP contribution in [0.15, 0.2) is 40.9 Å². The first-order valence-corrected chi connectivity index (χ1v) is 4.93. The maximum absolute atomic E-state index is 4.20. The molecule has 1 aromatic carbocycles. The van der Waals surface area contributed by atoms with E-state index in [0.29, 0.717) is 6.54 Å². The van der Waals surface area contributed by atoms with Crippen LogP contribution >= 0.6 is 12.6 Å². The van der Waals surface area contributed by atoms with Crippen LogP contribution in [0.25, 0.3) is 0 Å². The van der Waals surface area contributed by atoms with Gasteiger partial charge in [-0.3, -0.25) is 4.99 Å². The molecule has 1 aromatic rings. The summed E-state index contributed by atoms with van der Waals surface area (Å²) in [7, 11) is 0. The number of aryl methyl sites for hydroxylation is 1. The van der Waals surface area contributed by atoms with Crippen molar-refractivity contribution in [3.8, 4) is 0 Å². The van der Waals surface area contributed by atoms with E-state index in [9.17, 15) is 0 Å². The summed E-state index contributed by atoms with van der Waals surface area (Å²) in [6.07, 6.45) is 3.37. The normalized spacial score (nSPS) is 11.3. The van der Waals surface area contributed by atoms with Crippen LogP contribution in [0.3, 0.4) is 0 Å². The van der Waals surface area contributed by atoms with Gasteiger partial charge in [0.25, 0.3) is 0 Å². The molecule has 0 saturated carbocycles. The van der Waals surface area contributed by atoms with Crippen molar-refractivity contribution in [1.82, 2.24) is 5.32 Å². The topological polar surface area (TPSA) is 24.4 Å². The lowest BCUT2D eigenvalue weighted by Crippen LogP contribution is -1.99. The van der Waals surface area contributed by atoms with E-state index in [4.69, 9.17) is 0 Å². The van der Waals surface area contributed by atoms with Gasteiger partial charge in [-0.15, -0.1) is 12.6 Å². The zero-order chi connectivity index (χ0) is 10.2. The van der Waals surface area contributed by atoms with E-state index in [-0.39, 0.29) is 0 Å². The largest absolute Gasteiger partial charge is 0.353 e. The van der Waals surface area contributed by atoms with E-state index in [0.717, 1.165) is 0 Å². The zero-order valence-corrected chi connectivity index (χ0v) is 9.04. The molecule has 0 aliphatic carbocycles. The van der Waals surface area contributed by atoms with Gasteiger partial charge in [-0.05, 0) is 17.9 Å². The van der Waals surface area contributed by atoms with Gasteiger partial charge < -0.3 is 5.32 Å². The van der Waals surface area contributed by atoms with Crippen LogP contribution in [0, 0.1) is 6.92 Å². The number of aliphatic imine (C=N–C) groups is 1. The molecule has 0 amide bonds. The minimum Gasteiger partial charge on any atom is -0.353 e. The van der Waals surface area contributed by atoms with Crippen molar-refractivity contribution in [3.05, 3.63) is 47.0 Å². The standard InChI is InChI=1S/C11H14N2S/c1-10-3-2-4-11(7-10)8-13-9-12-5-6-14/h2-7,9,14H,8H2,1H3,(H,12,13)/b6-5-. The number of rotatable bonds is 4. The third kappa shape index (κ3) is 4.14.